The Kier molecular flexibility index (Phi) is 4.63. The first kappa shape index (κ1) is 15.8. The molecule has 21 heavy (non-hydrogen) atoms. The molecule has 0 amide bonds. The van der Waals surface area contributed by atoms with Crippen LogP contribution in [0.5, 0.6) is 0 Å². The molecule has 4 nitrogen and oxygen atoms in total. The summed E-state index contributed by atoms with van der Waals surface area (Å²) in [6, 6.07) is 1.14. The second-order valence-corrected chi connectivity index (χ2v) is 9.67. The van der Waals surface area contributed by atoms with Crippen LogP contribution in [0.15, 0.2) is 0 Å². The quantitative estimate of drug-likeness (QED) is 0.866. The zero-order chi connectivity index (χ0) is 15.0. The summed E-state index contributed by atoms with van der Waals surface area (Å²) in [6.07, 6.45) is 7.67. The van der Waals surface area contributed by atoms with Crippen molar-refractivity contribution in [2.45, 2.75) is 76.1 Å². The molecule has 122 valence electrons. The van der Waals surface area contributed by atoms with Gasteiger partial charge in [-0.25, -0.2) is 12.7 Å². The van der Waals surface area contributed by atoms with Crippen molar-refractivity contribution in [2.75, 3.05) is 13.1 Å². The van der Waals surface area contributed by atoms with Gasteiger partial charge in [-0.15, -0.1) is 0 Å². The van der Waals surface area contributed by atoms with Gasteiger partial charge >= 0.3 is 0 Å². The Morgan fingerprint density at radius 3 is 2.24 bits per heavy atom. The van der Waals surface area contributed by atoms with Crippen molar-refractivity contribution < 1.29 is 8.42 Å². The summed E-state index contributed by atoms with van der Waals surface area (Å²) in [6.45, 7) is 6.16. The molecule has 2 saturated carbocycles. The fourth-order valence-electron chi connectivity index (χ4n) is 3.97. The molecular weight excluding hydrogens is 284 g/mol. The lowest BCUT2D eigenvalue weighted by molar-refractivity contribution is 0.174. The van der Waals surface area contributed by atoms with Crippen LogP contribution in [-0.2, 0) is 10.0 Å². The van der Waals surface area contributed by atoms with Crippen LogP contribution >= 0.6 is 0 Å². The van der Waals surface area contributed by atoms with Crippen LogP contribution < -0.4 is 5.32 Å². The van der Waals surface area contributed by atoms with Gasteiger partial charge in [-0.2, -0.15) is 0 Å². The van der Waals surface area contributed by atoms with Gasteiger partial charge in [0.1, 0.15) is 0 Å². The highest BCUT2D eigenvalue weighted by molar-refractivity contribution is 7.90. The van der Waals surface area contributed by atoms with Crippen LogP contribution in [0.4, 0.5) is 0 Å². The fourth-order valence-corrected chi connectivity index (χ4v) is 5.85. The smallest absolute Gasteiger partial charge is 0.216 e. The number of nitrogens with one attached hydrogen (secondary N) is 1. The van der Waals surface area contributed by atoms with Gasteiger partial charge in [-0.05, 0) is 43.9 Å². The second-order valence-electron chi connectivity index (χ2n) is 7.46. The molecule has 0 radical (unpaired) electrons. The lowest BCUT2D eigenvalue weighted by Crippen LogP contribution is -2.51. The monoisotopic (exact) mass is 314 g/mol. The molecule has 1 saturated heterocycles. The zero-order valence-electron chi connectivity index (χ0n) is 13.4. The Bertz CT molecular complexity index is 453. The molecule has 1 heterocycles. The molecule has 0 aromatic heterocycles. The summed E-state index contributed by atoms with van der Waals surface area (Å²) < 4.78 is 26.2. The van der Waals surface area contributed by atoms with Crippen molar-refractivity contribution in [3.05, 3.63) is 0 Å². The highest BCUT2D eigenvalue weighted by Crippen LogP contribution is 2.33. The van der Waals surface area contributed by atoms with Gasteiger partial charge < -0.3 is 5.32 Å². The summed E-state index contributed by atoms with van der Waals surface area (Å²) in [7, 11) is -2.96. The molecule has 0 aromatic carbocycles. The van der Waals surface area contributed by atoms with E-state index in [-0.39, 0.29) is 5.25 Å². The number of sulfonamides is 1. The Hall–Kier alpha value is -0.130. The molecule has 3 aliphatic rings. The molecule has 1 N–H and O–H groups in total. The van der Waals surface area contributed by atoms with Crippen molar-refractivity contribution in [1.29, 1.82) is 0 Å². The van der Waals surface area contributed by atoms with Crippen molar-refractivity contribution in [1.82, 2.24) is 9.62 Å². The number of piperidine rings is 1. The average Bonchev–Trinajstić information content (AvgIpc) is 3.29. The molecule has 0 bridgehead atoms. The number of nitrogens with zero attached hydrogens (tertiary/aromatic N) is 1. The van der Waals surface area contributed by atoms with Crippen LogP contribution in [0.3, 0.4) is 0 Å². The van der Waals surface area contributed by atoms with E-state index < -0.39 is 10.0 Å². The Balaban J connectivity index is 1.49. The van der Waals surface area contributed by atoms with Gasteiger partial charge in [-0.3, -0.25) is 0 Å². The van der Waals surface area contributed by atoms with E-state index >= 15 is 0 Å². The minimum absolute atomic E-state index is 0.0544. The van der Waals surface area contributed by atoms with E-state index in [4.69, 9.17) is 0 Å². The molecule has 3 fully saturated rings. The topological polar surface area (TPSA) is 49.4 Å². The molecule has 0 unspecified atom stereocenters. The summed E-state index contributed by atoms with van der Waals surface area (Å²) in [5, 5.41) is 3.78. The molecular formula is C16H30N2O2S. The first-order chi connectivity index (χ1) is 9.98. The average molecular weight is 314 g/mol. The first-order valence-electron chi connectivity index (χ1n) is 8.73. The van der Waals surface area contributed by atoms with Gasteiger partial charge in [0, 0.05) is 25.2 Å². The number of hydrogen-bond acceptors (Lipinski definition) is 3. The van der Waals surface area contributed by atoms with E-state index in [1.165, 1.54) is 19.3 Å². The van der Waals surface area contributed by atoms with E-state index in [0.29, 0.717) is 25.2 Å². The molecule has 3 atom stereocenters. The molecule has 2 aliphatic carbocycles. The Morgan fingerprint density at radius 1 is 0.952 bits per heavy atom. The van der Waals surface area contributed by atoms with Gasteiger partial charge in [-0.1, -0.05) is 26.7 Å². The van der Waals surface area contributed by atoms with Crippen LogP contribution in [0.25, 0.3) is 0 Å². The van der Waals surface area contributed by atoms with E-state index in [9.17, 15) is 8.42 Å². The van der Waals surface area contributed by atoms with E-state index in [0.717, 1.165) is 37.5 Å². The highest BCUT2D eigenvalue weighted by atomic mass is 32.2. The van der Waals surface area contributed by atoms with Crippen LogP contribution in [0.2, 0.25) is 0 Å². The zero-order valence-corrected chi connectivity index (χ0v) is 14.2. The fraction of sp³-hybridized carbons (Fsp3) is 1.00. The molecule has 0 spiro atoms. The summed E-state index contributed by atoms with van der Waals surface area (Å²) in [5.74, 6) is 1.55. The van der Waals surface area contributed by atoms with Crippen LogP contribution in [0, 0.1) is 11.8 Å². The van der Waals surface area contributed by atoms with Gasteiger partial charge in [0.25, 0.3) is 0 Å². The molecule has 0 aromatic rings. The molecule has 3 rings (SSSR count). The predicted octanol–water partition coefficient (Wildman–Crippen LogP) is 2.36. The third-order valence-electron chi connectivity index (χ3n) is 5.92. The van der Waals surface area contributed by atoms with E-state index in [2.05, 4.69) is 19.2 Å². The summed E-state index contributed by atoms with van der Waals surface area (Å²) in [4.78, 5) is 0. The van der Waals surface area contributed by atoms with Crippen molar-refractivity contribution in [3.8, 4) is 0 Å². The lowest BCUT2D eigenvalue weighted by Gasteiger charge is -2.39. The maximum atomic E-state index is 12.2. The Labute approximate surface area is 129 Å². The maximum absolute atomic E-state index is 12.2. The largest absolute Gasteiger partial charge is 0.311 e. The first-order valence-corrected chi connectivity index (χ1v) is 10.2. The van der Waals surface area contributed by atoms with Gasteiger partial charge in [0.2, 0.25) is 10.0 Å². The Morgan fingerprint density at radius 2 is 1.62 bits per heavy atom. The van der Waals surface area contributed by atoms with Crippen LogP contribution in [0.1, 0.15) is 58.8 Å². The predicted molar refractivity (Wildman–Crippen MR) is 85.6 cm³/mol. The van der Waals surface area contributed by atoms with Crippen molar-refractivity contribution in [3.63, 3.8) is 0 Å². The van der Waals surface area contributed by atoms with Crippen LogP contribution in [-0.4, -0.2) is 43.1 Å². The van der Waals surface area contributed by atoms with E-state index in [1.54, 1.807) is 4.31 Å². The number of rotatable bonds is 4. The lowest BCUT2D eigenvalue weighted by atomic mass is 9.77. The summed E-state index contributed by atoms with van der Waals surface area (Å²) in [5.41, 5.74) is 0. The minimum Gasteiger partial charge on any atom is -0.311 e. The van der Waals surface area contributed by atoms with Crippen molar-refractivity contribution >= 4 is 10.0 Å². The van der Waals surface area contributed by atoms with E-state index in [1.807, 2.05) is 0 Å². The van der Waals surface area contributed by atoms with Gasteiger partial charge in [0.05, 0.1) is 5.25 Å². The third-order valence-corrected chi connectivity index (χ3v) is 8.31. The molecule has 5 heteroatoms. The second kappa shape index (κ2) is 6.17. The van der Waals surface area contributed by atoms with Gasteiger partial charge in [0.15, 0.2) is 0 Å². The summed E-state index contributed by atoms with van der Waals surface area (Å²) >= 11 is 0. The standard InChI is InChI=1S/C16H30N2O2S/c1-12-4-3-5-16(13(12)2)17-14-8-10-18(11-9-14)21(19,20)15-6-7-15/h12-17H,3-11H2,1-2H3/t12-,13+,16-/m1/s1. The van der Waals surface area contributed by atoms with Crippen molar-refractivity contribution in [2.24, 2.45) is 11.8 Å². The minimum atomic E-state index is -2.96. The SMILES string of the molecule is C[C@H]1[C@H](C)CCC[C@H]1NC1CCN(S(=O)(=O)C2CC2)CC1. The third kappa shape index (κ3) is 3.45. The highest BCUT2D eigenvalue weighted by Gasteiger charge is 2.41. The normalized spacial score (nSPS) is 36.8. The molecule has 1 aliphatic heterocycles. The maximum Gasteiger partial charge on any atom is 0.216 e. The number of hydrogen-bond donors (Lipinski definition) is 1.